The van der Waals surface area contributed by atoms with Crippen LogP contribution in [0.15, 0.2) is 18.2 Å². The van der Waals surface area contributed by atoms with E-state index in [1.807, 2.05) is 32.0 Å². The van der Waals surface area contributed by atoms with Gasteiger partial charge in [0.1, 0.15) is 0 Å². The lowest BCUT2D eigenvalue weighted by Gasteiger charge is -2.21. The van der Waals surface area contributed by atoms with E-state index in [2.05, 4.69) is 5.32 Å². The van der Waals surface area contributed by atoms with E-state index in [0.29, 0.717) is 11.8 Å². The molecule has 146 valence electrons. The Balaban J connectivity index is 1.44. The maximum absolute atomic E-state index is 12.3. The lowest BCUT2D eigenvalue weighted by Crippen LogP contribution is -2.38. The van der Waals surface area contributed by atoms with Crippen LogP contribution in [0.2, 0.25) is 0 Å². The maximum Gasteiger partial charge on any atom is 0.309 e. The van der Waals surface area contributed by atoms with E-state index in [1.54, 1.807) is 0 Å². The second-order valence-corrected chi connectivity index (χ2v) is 7.95. The summed E-state index contributed by atoms with van der Waals surface area (Å²) in [7, 11) is 1.54. The highest BCUT2D eigenvalue weighted by molar-refractivity contribution is 5.96. The van der Waals surface area contributed by atoms with Crippen molar-refractivity contribution in [1.82, 2.24) is 4.90 Å². The Hall–Kier alpha value is -2.37. The summed E-state index contributed by atoms with van der Waals surface area (Å²) in [5.74, 6) is 0.127. The number of nitrogens with zero attached hydrogens (tertiary/aromatic N) is 1. The van der Waals surface area contributed by atoms with Crippen molar-refractivity contribution in [3.05, 3.63) is 29.3 Å². The zero-order valence-electron chi connectivity index (χ0n) is 16.3. The molecule has 0 aliphatic heterocycles. The molecule has 3 rings (SSSR count). The number of amides is 2. The molecule has 2 bridgehead atoms. The van der Waals surface area contributed by atoms with E-state index in [-0.39, 0.29) is 36.9 Å². The molecule has 6 heteroatoms. The Bertz CT molecular complexity index is 725. The van der Waals surface area contributed by atoms with Crippen LogP contribution in [-0.4, -0.2) is 42.9 Å². The average molecular weight is 372 g/mol. The number of nitrogens with one attached hydrogen (secondary N) is 1. The highest BCUT2D eigenvalue weighted by Gasteiger charge is 2.44. The van der Waals surface area contributed by atoms with E-state index in [4.69, 9.17) is 4.74 Å². The molecule has 0 aromatic heterocycles. The Morgan fingerprint density at radius 2 is 1.85 bits per heavy atom. The number of carbonyl (C=O) groups is 3. The van der Waals surface area contributed by atoms with Crippen molar-refractivity contribution in [3.63, 3.8) is 0 Å². The first-order valence-electron chi connectivity index (χ1n) is 9.61. The van der Waals surface area contributed by atoms with E-state index in [1.165, 1.54) is 18.4 Å². The van der Waals surface area contributed by atoms with Crippen LogP contribution in [0.25, 0.3) is 0 Å². The fraction of sp³-hybridized carbons (Fsp3) is 0.571. The summed E-state index contributed by atoms with van der Waals surface area (Å²) >= 11 is 0. The van der Waals surface area contributed by atoms with Crippen LogP contribution >= 0.6 is 0 Å². The molecule has 6 nitrogen and oxygen atoms in total. The van der Waals surface area contributed by atoms with Gasteiger partial charge in [-0.25, -0.2) is 0 Å². The number of hydrogen-bond acceptors (Lipinski definition) is 4. The number of aryl methyl sites for hydroxylation is 2. The van der Waals surface area contributed by atoms with Crippen LogP contribution in [0, 0.1) is 31.6 Å². The molecular formula is C21H28N2O4. The summed E-state index contributed by atoms with van der Waals surface area (Å²) in [5, 5.41) is 2.85. The summed E-state index contributed by atoms with van der Waals surface area (Å²) in [5.41, 5.74) is 2.71. The van der Waals surface area contributed by atoms with Gasteiger partial charge in [-0.3, -0.25) is 14.4 Å². The highest BCUT2D eigenvalue weighted by atomic mass is 16.5. The number of likely N-dealkylation sites (N-methyl/N-ethyl adjacent to an activating group) is 1. The van der Waals surface area contributed by atoms with Crippen molar-refractivity contribution in [2.24, 2.45) is 17.8 Å². The van der Waals surface area contributed by atoms with Gasteiger partial charge in [0, 0.05) is 12.7 Å². The molecule has 0 spiro atoms. The molecule has 27 heavy (non-hydrogen) atoms. The lowest BCUT2D eigenvalue weighted by molar-refractivity contribution is -0.156. The molecule has 0 heterocycles. The van der Waals surface area contributed by atoms with E-state index in [0.717, 1.165) is 36.1 Å². The topological polar surface area (TPSA) is 75.7 Å². The van der Waals surface area contributed by atoms with Gasteiger partial charge in [-0.2, -0.15) is 0 Å². The fourth-order valence-electron chi connectivity index (χ4n) is 4.38. The SMILES string of the molecule is Cc1cccc(C)c1NC(=O)CN(C)C(=O)COC(=O)C1CC2CCC1C2. The summed E-state index contributed by atoms with van der Waals surface area (Å²) in [4.78, 5) is 38.0. The Labute approximate surface area is 160 Å². The smallest absolute Gasteiger partial charge is 0.309 e. The van der Waals surface area contributed by atoms with Gasteiger partial charge in [0.15, 0.2) is 6.61 Å². The minimum Gasteiger partial charge on any atom is -0.455 e. The predicted molar refractivity (Wildman–Crippen MR) is 102 cm³/mol. The largest absolute Gasteiger partial charge is 0.455 e. The standard InChI is InChI=1S/C21H28N2O4/c1-13-5-4-6-14(2)20(13)22-18(24)11-23(3)19(25)12-27-21(26)17-10-15-7-8-16(17)9-15/h4-6,15-17H,7-12H2,1-3H3,(H,22,24). The van der Waals surface area contributed by atoms with E-state index >= 15 is 0 Å². The molecule has 3 unspecified atom stereocenters. The van der Waals surface area contributed by atoms with Gasteiger partial charge in [0.25, 0.3) is 5.91 Å². The van der Waals surface area contributed by atoms with Gasteiger partial charge in [-0.05, 0) is 56.1 Å². The molecule has 0 saturated heterocycles. The van der Waals surface area contributed by atoms with Crippen LogP contribution in [-0.2, 0) is 19.1 Å². The third-order valence-corrected chi connectivity index (χ3v) is 5.93. The summed E-state index contributed by atoms with van der Waals surface area (Å²) in [6, 6.07) is 5.78. The summed E-state index contributed by atoms with van der Waals surface area (Å²) in [6.07, 6.45) is 4.32. The number of ether oxygens (including phenoxy) is 1. The molecule has 0 radical (unpaired) electrons. The van der Waals surface area contributed by atoms with Crippen molar-refractivity contribution in [1.29, 1.82) is 0 Å². The number of carbonyl (C=O) groups excluding carboxylic acids is 3. The number of hydrogen-bond donors (Lipinski definition) is 1. The molecule has 1 N–H and O–H groups in total. The van der Waals surface area contributed by atoms with Gasteiger partial charge in [-0.15, -0.1) is 0 Å². The van der Waals surface area contributed by atoms with Gasteiger partial charge in [-0.1, -0.05) is 24.6 Å². The average Bonchev–Trinajstić information content (AvgIpc) is 3.26. The van der Waals surface area contributed by atoms with E-state index < -0.39 is 0 Å². The number of fused-ring (bicyclic) bond motifs is 2. The predicted octanol–water partition coefficient (Wildman–Crippen LogP) is 2.68. The first-order valence-corrected chi connectivity index (χ1v) is 9.61. The van der Waals surface area contributed by atoms with Crippen molar-refractivity contribution < 1.29 is 19.1 Å². The number of anilines is 1. The first kappa shape index (κ1) is 19.4. The Kier molecular flexibility index (Phi) is 5.82. The molecule has 2 aliphatic carbocycles. The second-order valence-electron chi connectivity index (χ2n) is 7.95. The van der Waals surface area contributed by atoms with Gasteiger partial charge >= 0.3 is 5.97 Å². The zero-order valence-corrected chi connectivity index (χ0v) is 16.3. The molecule has 2 saturated carbocycles. The van der Waals surface area contributed by atoms with Crippen LogP contribution in [0.5, 0.6) is 0 Å². The number of para-hydroxylation sites is 1. The van der Waals surface area contributed by atoms with Gasteiger partial charge in [0.05, 0.1) is 12.5 Å². The van der Waals surface area contributed by atoms with Gasteiger partial charge < -0.3 is 15.0 Å². The normalized spacial score (nSPS) is 23.1. The third-order valence-electron chi connectivity index (χ3n) is 5.93. The quantitative estimate of drug-likeness (QED) is 0.779. The second kappa shape index (κ2) is 8.11. The number of benzene rings is 1. The summed E-state index contributed by atoms with van der Waals surface area (Å²) < 4.78 is 5.24. The van der Waals surface area contributed by atoms with Crippen molar-refractivity contribution in [2.45, 2.75) is 39.5 Å². The highest BCUT2D eigenvalue weighted by Crippen LogP contribution is 2.48. The minimum absolute atomic E-state index is 0.0471. The third kappa shape index (κ3) is 4.49. The zero-order chi connectivity index (χ0) is 19.6. The maximum atomic E-state index is 12.3. The minimum atomic E-state index is -0.372. The molecule has 1 aromatic rings. The van der Waals surface area contributed by atoms with E-state index in [9.17, 15) is 14.4 Å². The Morgan fingerprint density at radius 3 is 2.44 bits per heavy atom. The van der Waals surface area contributed by atoms with Crippen LogP contribution < -0.4 is 5.32 Å². The fourth-order valence-corrected chi connectivity index (χ4v) is 4.38. The van der Waals surface area contributed by atoms with Crippen molar-refractivity contribution >= 4 is 23.5 Å². The van der Waals surface area contributed by atoms with Gasteiger partial charge in [0.2, 0.25) is 5.91 Å². The first-order chi connectivity index (χ1) is 12.8. The van der Waals surface area contributed by atoms with Crippen LogP contribution in [0.4, 0.5) is 5.69 Å². The number of rotatable bonds is 6. The summed E-state index contributed by atoms with van der Waals surface area (Å²) in [6.45, 7) is 3.46. The van der Waals surface area contributed by atoms with Crippen LogP contribution in [0.1, 0.15) is 36.8 Å². The van der Waals surface area contributed by atoms with Crippen LogP contribution in [0.3, 0.4) is 0 Å². The molecule has 1 aromatic carbocycles. The van der Waals surface area contributed by atoms with Crippen molar-refractivity contribution in [2.75, 3.05) is 25.5 Å². The van der Waals surface area contributed by atoms with Crippen molar-refractivity contribution in [3.8, 4) is 0 Å². The Morgan fingerprint density at radius 1 is 1.15 bits per heavy atom. The molecule has 2 fully saturated rings. The molecular weight excluding hydrogens is 344 g/mol. The lowest BCUT2D eigenvalue weighted by atomic mass is 9.89. The molecule has 2 aliphatic rings. The number of esters is 1. The monoisotopic (exact) mass is 372 g/mol. The molecule has 3 atom stereocenters. The molecule has 2 amide bonds.